The van der Waals surface area contributed by atoms with Gasteiger partial charge >= 0.3 is 0 Å². The summed E-state index contributed by atoms with van der Waals surface area (Å²) in [4.78, 5) is 17.4. The van der Waals surface area contributed by atoms with Crippen LogP contribution in [0.25, 0.3) is 22.4 Å². The molecular formula is C28H22FN3OS. The molecule has 168 valence electrons. The molecule has 0 radical (unpaired) electrons. The van der Waals surface area contributed by atoms with E-state index < -0.39 is 0 Å². The van der Waals surface area contributed by atoms with Crippen LogP contribution in [0, 0.1) is 31.0 Å². The smallest absolute Gasteiger partial charge is 0.234 e. The molecule has 0 aliphatic heterocycles. The third-order valence-electron chi connectivity index (χ3n) is 5.41. The van der Waals surface area contributed by atoms with Crippen molar-refractivity contribution in [3.63, 3.8) is 0 Å². The number of para-hydroxylation sites is 1. The van der Waals surface area contributed by atoms with Crippen LogP contribution in [0.3, 0.4) is 0 Å². The van der Waals surface area contributed by atoms with E-state index in [9.17, 15) is 14.4 Å². The first-order valence-electron chi connectivity index (χ1n) is 10.7. The molecule has 1 N–H and O–H groups in total. The van der Waals surface area contributed by atoms with Crippen LogP contribution in [0.2, 0.25) is 0 Å². The Balaban J connectivity index is 1.69. The molecule has 34 heavy (non-hydrogen) atoms. The van der Waals surface area contributed by atoms with Crippen LogP contribution >= 0.6 is 11.8 Å². The minimum absolute atomic E-state index is 0.0938. The molecule has 4 aromatic rings. The molecule has 6 heteroatoms. The second-order valence-electron chi connectivity index (χ2n) is 7.82. The zero-order valence-corrected chi connectivity index (χ0v) is 19.6. The lowest BCUT2D eigenvalue weighted by Crippen LogP contribution is -2.16. The normalized spacial score (nSPS) is 10.5. The topological polar surface area (TPSA) is 65.8 Å². The summed E-state index contributed by atoms with van der Waals surface area (Å²) in [6.45, 7) is 3.90. The number of pyridine rings is 1. The monoisotopic (exact) mass is 467 g/mol. The first kappa shape index (κ1) is 23.2. The number of aromatic nitrogens is 1. The van der Waals surface area contributed by atoms with Crippen molar-refractivity contribution in [1.29, 1.82) is 5.26 Å². The third-order valence-corrected chi connectivity index (χ3v) is 6.38. The summed E-state index contributed by atoms with van der Waals surface area (Å²) in [5.74, 6) is -0.420. The van der Waals surface area contributed by atoms with Crippen LogP contribution in [-0.2, 0) is 4.79 Å². The standard InChI is InChI=1S/C28H22FN3OS/c1-18-7-6-8-19(2)27(18)32-26(33)17-34-28-24(16-30)23(20-9-4-3-5-10-20)15-25(31-28)21-11-13-22(29)14-12-21/h3-15H,17H2,1-2H3,(H,32,33). The Hall–Kier alpha value is -3.95. The number of carbonyl (C=O) groups is 1. The van der Waals surface area contributed by atoms with Gasteiger partial charge in [-0.3, -0.25) is 4.79 Å². The number of halogens is 1. The quantitative estimate of drug-likeness (QED) is 0.318. The number of hydrogen-bond acceptors (Lipinski definition) is 4. The van der Waals surface area contributed by atoms with Gasteiger partial charge in [0.25, 0.3) is 0 Å². The van der Waals surface area contributed by atoms with E-state index in [0.29, 0.717) is 16.3 Å². The average Bonchev–Trinajstić information content (AvgIpc) is 2.85. The summed E-state index contributed by atoms with van der Waals surface area (Å²) in [5.41, 5.74) is 6.09. The van der Waals surface area contributed by atoms with Crippen LogP contribution in [0.4, 0.5) is 10.1 Å². The highest BCUT2D eigenvalue weighted by Gasteiger charge is 2.17. The largest absolute Gasteiger partial charge is 0.325 e. The molecule has 0 saturated carbocycles. The van der Waals surface area contributed by atoms with Gasteiger partial charge in [0, 0.05) is 16.8 Å². The molecule has 3 aromatic carbocycles. The van der Waals surface area contributed by atoms with Gasteiger partial charge in [-0.25, -0.2) is 9.37 Å². The first-order chi connectivity index (χ1) is 16.5. The van der Waals surface area contributed by atoms with Gasteiger partial charge in [-0.1, -0.05) is 60.3 Å². The second-order valence-corrected chi connectivity index (χ2v) is 8.79. The van der Waals surface area contributed by atoms with Gasteiger partial charge in [0.05, 0.1) is 17.0 Å². The molecule has 1 aromatic heterocycles. The number of hydrogen-bond donors (Lipinski definition) is 1. The van der Waals surface area contributed by atoms with E-state index >= 15 is 0 Å². The van der Waals surface area contributed by atoms with E-state index in [1.807, 2.05) is 68.4 Å². The van der Waals surface area contributed by atoms with E-state index in [0.717, 1.165) is 33.5 Å². The van der Waals surface area contributed by atoms with E-state index in [4.69, 9.17) is 0 Å². The lowest BCUT2D eigenvalue weighted by molar-refractivity contribution is -0.113. The number of thioether (sulfide) groups is 1. The fourth-order valence-electron chi connectivity index (χ4n) is 3.67. The fraction of sp³-hybridized carbons (Fsp3) is 0.107. The van der Waals surface area contributed by atoms with Gasteiger partial charge in [0.15, 0.2) is 0 Å². The summed E-state index contributed by atoms with van der Waals surface area (Å²) in [6.07, 6.45) is 0. The van der Waals surface area contributed by atoms with Gasteiger partial charge < -0.3 is 5.32 Å². The number of nitrogens with zero attached hydrogens (tertiary/aromatic N) is 2. The van der Waals surface area contributed by atoms with Crippen LogP contribution in [0.5, 0.6) is 0 Å². The Morgan fingerprint density at radius 2 is 1.65 bits per heavy atom. The van der Waals surface area contributed by atoms with Crippen LogP contribution in [0.1, 0.15) is 16.7 Å². The molecule has 0 aliphatic carbocycles. The summed E-state index contributed by atoms with van der Waals surface area (Å²) >= 11 is 1.21. The number of anilines is 1. The van der Waals surface area contributed by atoms with Crippen LogP contribution < -0.4 is 5.32 Å². The van der Waals surface area contributed by atoms with Crippen molar-refractivity contribution in [1.82, 2.24) is 4.98 Å². The Kier molecular flexibility index (Phi) is 7.05. The average molecular weight is 468 g/mol. The van der Waals surface area contributed by atoms with Crippen molar-refractivity contribution in [3.05, 3.63) is 101 Å². The Bertz CT molecular complexity index is 1360. The zero-order chi connectivity index (χ0) is 24.1. The van der Waals surface area contributed by atoms with Gasteiger partial charge in [-0.05, 0) is 60.9 Å². The number of rotatable bonds is 6. The number of aryl methyl sites for hydroxylation is 2. The fourth-order valence-corrected chi connectivity index (χ4v) is 4.47. The molecule has 4 nitrogen and oxygen atoms in total. The van der Waals surface area contributed by atoms with Crippen molar-refractivity contribution in [2.45, 2.75) is 18.9 Å². The molecule has 0 saturated heterocycles. The van der Waals surface area contributed by atoms with Gasteiger partial charge in [0.2, 0.25) is 5.91 Å². The SMILES string of the molecule is Cc1cccc(C)c1NC(=O)CSc1nc(-c2ccc(F)cc2)cc(-c2ccccc2)c1C#N. The highest BCUT2D eigenvalue weighted by atomic mass is 32.2. The maximum absolute atomic E-state index is 13.5. The highest BCUT2D eigenvalue weighted by Crippen LogP contribution is 2.34. The Morgan fingerprint density at radius 3 is 2.29 bits per heavy atom. The molecule has 0 unspecified atom stereocenters. The summed E-state index contributed by atoms with van der Waals surface area (Å²) in [6, 6.07) is 25.6. The van der Waals surface area contributed by atoms with Crippen molar-refractivity contribution in [2.24, 2.45) is 0 Å². The maximum Gasteiger partial charge on any atom is 0.234 e. The molecule has 0 fully saturated rings. The van der Waals surface area contributed by atoms with Gasteiger partial charge in [-0.15, -0.1) is 0 Å². The molecule has 0 atom stereocenters. The summed E-state index contributed by atoms with van der Waals surface area (Å²) in [7, 11) is 0. The van der Waals surface area contributed by atoms with E-state index in [-0.39, 0.29) is 17.5 Å². The van der Waals surface area contributed by atoms with Crippen molar-refractivity contribution >= 4 is 23.4 Å². The number of amides is 1. The number of nitrogens with one attached hydrogen (secondary N) is 1. The van der Waals surface area contributed by atoms with E-state index in [1.54, 1.807) is 12.1 Å². The van der Waals surface area contributed by atoms with Crippen molar-refractivity contribution < 1.29 is 9.18 Å². The van der Waals surface area contributed by atoms with Crippen molar-refractivity contribution in [2.75, 3.05) is 11.1 Å². The minimum atomic E-state index is -0.335. The second kappa shape index (κ2) is 10.3. The predicted molar refractivity (Wildman–Crippen MR) is 135 cm³/mol. The lowest BCUT2D eigenvalue weighted by Gasteiger charge is -2.14. The first-order valence-corrected chi connectivity index (χ1v) is 11.7. The highest BCUT2D eigenvalue weighted by molar-refractivity contribution is 8.00. The van der Waals surface area contributed by atoms with Gasteiger partial charge in [-0.2, -0.15) is 5.26 Å². The molecule has 4 rings (SSSR count). The predicted octanol–water partition coefficient (Wildman–Crippen LogP) is 6.77. The van der Waals surface area contributed by atoms with Crippen LogP contribution in [-0.4, -0.2) is 16.6 Å². The van der Waals surface area contributed by atoms with Gasteiger partial charge in [0.1, 0.15) is 16.9 Å². The van der Waals surface area contributed by atoms with E-state index in [1.165, 1.54) is 23.9 Å². The molecule has 0 aliphatic rings. The summed E-state index contributed by atoms with van der Waals surface area (Å²) in [5, 5.41) is 13.4. The molecule has 1 amide bonds. The van der Waals surface area contributed by atoms with Crippen LogP contribution in [0.15, 0.2) is 83.9 Å². The summed E-state index contributed by atoms with van der Waals surface area (Å²) < 4.78 is 13.5. The zero-order valence-electron chi connectivity index (χ0n) is 18.8. The lowest BCUT2D eigenvalue weighted by atomic mass is 9.99. The van der Waals surface area contributed by atoms with E-state index in [2.05, 4.69) is 16.4 Å². The van der Waals surface area contributed by atoms with Crippen molar-refractivity contribution in [3.8, 4) is 28.5 Å². The molecular weight excluding hydrogens is 445 g/mol. The molecule has 0 spiro atoms. The Morgan fingerprint density at radius 1 is 0.971 bits per heavy atom. The number of carbonyl (C=O) groups excluding carboxylic acids is 1. The molecule has 1 heterocycles. The minimum Gasteiger partial charge on any atom is -0.325 e. The molecule has 0 bridgehead atoms. The maximum atomic E-state index is 13.5. The number of benzene rings is 3. The Labute approximate surface area is 202 Å². The third kappa shape index (κ3) is 5.16. The number of nitriles is 1.